The molecule has 4 nitrogen and oxygen atoms in total. The largest absolute Gasteiger partial charge is 0.365 e. The van der Waals surface area contributed by atoms with Crippen molar-refractivity contribution in [1.82, 2.24) is 10.2 Å². The molecule has 2 heterocycles. The minimum Gasteiger partial charge on any atom is -0.365 e. The van der Waals surface area contributed by atoms with Crippen LogP contribution in [0.25, 0.3) is 0 Å². The van der Waals surface area contributed by atoms with E-state index in [0.29, 0.717) is 24.7 Å². The molecular weight excluding hydrogens is 385 g/mol. The van der Waals surface area contributed by atoms with E-state index in [1.807, 2.05) is 36.0 Å². The van der Waals surface area contributed by atoms with Gasteiger partial charge in [-0.3, -0.25) is 9.69 Å². The van der Waals surface area contributed by atoms with Crippen LogP contribution in [0.5, 0.6) is 0 Å². The maximum Gasteiger partial charge on any atom is 0.251 e. The van der Waals surface area contributed by atoms with Crippen molar-refractivity contribution in [1.29, 1.82) is 0 Å². The number of benzene rings is 2. The van der Waals surface area contributed by atoms with Crippen LogP contribution in [0.1, 0.15) is 35.7 Å². The number of thioether (sulfide) groups is 1. The molecule has 0 saturated carbocycles. The Bertz CT molecular complexity index is 858. The highest BCUT2D eigenvalue weighted by Gasteiger charge is 2.24. The van der Waals surface area contributed by atoms with Gasteiger partial charge in [0.05, 0.1) is 5.69 Å². The minimum atomic E-state index is -0.216. The number of fused-ring (bicyclic) bond motifs is 1. The Morgan fingerprint density at radius 3 is 2.83 bits per heavy atom. The van der Waals surface area contributed by atoms with Crippen LogP contribution in [-0.4, -0.2) is 48.8 Å². The molecule has 1 amide bonds. The lowest BCUT2D eigenvalue weighted by Gasteiger charge is -2.31. The van der Waals surface area contributed by atoms with Crippen LogP contribution in [0.4, 0.5) is 10.1 Å². The average molecular weight is 414 g/mol. The van der Waals surface area contributed by atoms with Crippen LogP contribution in [0.3, 0.4) is 0 Å². The molecule has 2 aromatic carbocycles. The maximum atomic E-state index is 13.2. The molecule has 154 valence electrons. The number of nitrogens with zero attached hydrogens (tertiary/aromatic N) is 2. The standard InChI is InChI=1S/C23H28FN3OS/c1-2-26-11-3-4-20(26)15-25-23(28)18-7-10-22-21(14-18)27(12-13-29-22)16-17-5-8-19(24)9-6-17/h5-10,14,20H,2-4,11-13,15-16H2,1H3,(H,25,28)/t20-/m1/s1. The first-order valence-corrected chi connectivity index (χ1v) is 11.4. The first kappa shape index (κ1) is 20.2. The van der Waals surface area contributed by atoms with Gasteiger partial charge in [-0.1, -0.05) is 19.1 Å². The SMILES string of the molecule is CCN1CCC[C@@H]1CNC(=O)c1ccc2c(c1)N(Cc1ccc(F)cc1)CCS2. The molecule has 1 saturated heterocycles. The summed E-state index contributed by atoms with van der Waals surface area (Å²) < 4.78 is 13.2. The van der Waals surface area contributed by atoms with Crippen molar-refractivity contribution in [3.05, 3.63) is 59.4 Å². The maximum absolute atomic E-state index is 13.2. The second-order valence-corrected chi connectivity index (χ2v) is 8.85. The third kappa shape index (κ3) is 4.75. The second-order valence-electron chi connectivity index (χ2n) is 7.71. The number of carbonyl (C=O) groups is 1. The first-order chi connectivity index (χ1) is 14.1. The van der Waals surface area contributed by atoms with Crippen molar-refractivity contribution in [3.63, 3.8) is 0 Å². The van der Waals surface area contributed by atoms with E-state index < -0.39 is 0 Å². The number of hydrogen-bond acceptors (Lipinski definition) is 4. The van der Waals surface area contributed by atoms with Gasteiger partial charge >= 0.3 is 0 Å². The Balaban J connectivity index is 1.45. The van der Waals surface area contributed by atoms with Gasteiger partial charge in [-0.2, -0.15) is 0 Å². The third-order valence-electron chi connectivity index (χ3n) is 5.87. The Labute approximate surface area is 176 Å². The quantitative estimate of drug-likeness (QED) is 0.772. The summed E-state index contributed by atoms with van der Waals surface area (Å²) in [5.74, 6) is 0.785. The molecule has 2 aliphatic heterocycles. The first-order valence-electron chi connectivity index (χ1n) is 10.4. The topological polar surface area (TPSA) is 35.6 Å². The Morgan fingerprint density at radius 1 is 1.21 bits per heavy atom. The predicted octanol–water partition coefficient (Wildman–Crippen LogP) is 4.15. The number of likely N-dealkylation sites (N-methyl/N-ethyl adjacent to an activating group) is 1. The van der Waals surface area contributed by atoms with Crippen molar-refractivity contribution in [2.75, 3.05) is 36.8 Å². The van der Waals surface area contributed by atoms with E-state index in [1.54, 1.807) is 0 Å². The zero-order valence-electron chi connectivity index (χ0n) is 16.9. The molecule has 2 aliphatic rings. The number of halogens is 1. The number of anilines is 1. The smallest absolute Gasteiger partial charge is 0.251 e. The molecule has 0 aromatic heterocycles. The molecule has 0 radical (unpaired) electrons. The summed E-state index contributed by atoms with van der Waals surface area (Å²) in [7, 11) is 0. The van der Waals surface area contributed by atoms with Crippen molar-refractivity contribution in [2.24, 2.45) is 0 Å². The van der Waals surface area contributed by atoms with Crippen LogP contribution >= 0.6 is 11.8 Å². The number of nitrogens with one attached hydrogen (secondary N) is 1. The minimum absolute atomic E-state index is 0.00643. The highest BCUT2D eigenvalue weighted by atomic mass is 32.2. The molecule has 1 N–H and O–H groups in total. The summed E-state index contributed by atoms with van der Waals surface area (Å²) in [6.45, 7) is 6.68. The molecule has 0 spiro atoms. The molecule has 1 fully saturated rings. The molecule has 6 heteroatoms. The summed E-state index contributed by atoms with van der Waals surface area (Å²) in [5.41, 5.74) is 2.87. The summed E-state index contributed by atoms with van der Waals surface area (Å²) in [6, 6.07) is 13.1. The number of rotatable bonds is 6. The van der Waals surface area contributed by atoms with Gasteiger partial charge in [0.1, 0.15) is 5.82 Å². The van der Waals surface area contributed by atoms with Crippen LogP contribution in [0, 0.1) is 5.82 Å². The molecule has 29 heavy (non-hydrogen) atoms. The zero-order valence-corrected chi connectivity index (χ0v) is 17.7. The predicted molar refractivity (Wildman–Crippen MR) is 117 cm³/mol. The van der Waals surface area contributed by atoms with E-state index in [1.165, 1.54) is 23.4 Å². The van der Waals surface area contributed by atoms with Crippen molar-refractivity contribution in [3.8, 4) is 0 Å². The van der Waals surface area contributed by atoms with E-state index in [2.05, 4.69) is 28.1 Å². The van der Waals surface area contributed by atoms with Crippen molar-refractivity contribution >= 4 is 23.4 Å². The molecule has 0 unspecified atom stereocenters. The summed E-state index contributed by atoms with van der Waals surface area (Å²) in [5, 5.41) is 3.14. The number of amides is 1. The lowest BCUT2D eigenvalue weighted by molar-refractivity contribution is 0.0941. The lowest BCUT2D eigenvalue weighted by atomic mass is 10.1. The zero-order chi connectivity index (χ0) is 20.2. The molecule has 2 aromatic rings. The highest BCUT2D eigenvalue weighted by Crippen LogP contribution is 2.36. The van der Waals surface area contributed by atoms with Gasteiger partial charge in [-0.15, -0.1) is 11.8 Å². The van der Waals surface area contributed by atoms with E-state index in [9.17, 15) is 9.18 Å². The average Bonchev–Trinajstić information content (AvgIpc) is 3.21. The Hall–Kier alpha value is -2.05. The summed E-state index contributed by atoms with van der Waals surface area (Å²) in [6.07, 6.45) is 2.36. The number of carbonyl (C=O) groups excluding carboxylic acids is 1. The van der Waals surface area contributed by atoms with Crippen molar-refractivity contribution in [2.45, 2.75) is 37.2 Å². The van der Waals surface area contributed by atoms with Crippen LogP contribution in [0.2, 0.25) is 0 Å². The molecule has 0 bridgehead atoms. The lowest BCUT2D eigenvalue weighted by Crippen LogP contribution is -2.40. The van der Waals surface area contributed by atoms with E-state index in [0.717, 1.165) is 43.1 Å². The highest BCUT2D eigenvalue weighted by molar-refractivity contribution is 7.99. The van der Waals surface area contributed by atoms with Crippen molar-refractivity contribution < 1.29 is 9.18 Å². The van der Waals surface area contributed by atoms with Gasteiger partial charge in [0.2, 0.25) is 0 Å². The molecular formula is C23H28FN3OS. The summed E-state index contributed by atoms with van der Waals surface area (Å²) >= 11 is 1.82. The fourth-order valence-corrected chi connectivity index (χ4v) is 5.28. The van der Waals surface area contributed by atoms with Crippen LogP contribution in [0.15, 0.2) is 47.4 Å². The van der Waals surface area contributed by atoms with Gasteiger partial charge in [0.15, 0.2) is 0 Å². The van der Waals surface area contributed by atoms with Crippen LogP contribution < -0.4 is 10.2 Å². The third-order valence-corrected chi connectivity index (χ3v) is 6.91. The van der Waals surface area contributed by atoms with E-state index >= 15 is 0 Å². The van der Waals surface area contributed by atoms with Gasteiger partial charge in [0, 0.05) is 41.9 Å². The normalized spacial score (nSPS) is 19.2. The van der Waals surface area contributed by atoms with Crippen LogP contribution in [-0.2, 0) is 6.54 Å². The number of likely N-dealkylation sites (tertiary alicyclic amines) is 1. The fraction of sp³-hybridized carbons (Fsp3) is 0.435. The molecule has 0 aliphatic carbocycles. The number of hydrogen-bond donors (Lipinski definition) is 1. The summed E-state index contributed by atoms with van der Waals surface area (Å²) in [4.78, 5) is 18.7. The van der Waals surface area contributed by atoms with E-state index in [4.69, 9.17) is 0 Å². The Kier molecular flexibility index (Phi) is 6.40. The monoisotopic (exact) mass is 413 g/mol. The van der Waals surface area contributed by atoms with Gasteiger partial charge in [-0.25, -0.2) is 4.39 Å². The fourth-order valence-electron chi connectivity index (χ4n) is 4.24. The van der Waals surface area contributed by atoms with E-state index in [-0.39, 0.29) is 11.7 Å². The van der Waals surface area contributed by atoms with Gasteiger partial charge in [0.25, 0.3) is 5.91 Å². The molecule has 4 rings (SSSR count). The second kappa shape index (κ2) is 9.18. The molecule has 1 atom stereocenters. The van der Waals surface area contributed by atoms with Gasteiger partial charge in [-0.05, 0) is 61.8 Å². The Morgan fingerprint density at radius 2 is 2.03 bits per heavy atom. The van der Waals surface area contributed by atoms with Gasteiger partial charge < -0.3 is 10.2 Å².